The first-order valence-corrected chi connectivity index (χ1v) is 11.7. The SMILES string of the molecule is O=C(Nc1ccc(F)c(F)c1F)c1cc(NC(=O)C2C(c3cc(Cl)cc(Cl)c3)C2(Cl)Cl)ccc1Cl. The molecule has 4 nitrogen and oxygen atoms in total. The lowest BCUT2D eigenvalue weighted by atomic mass is 10.1. The molecule has 0 heterocycles. The van der Waals surface area contributed by atoms with Crippen molar-refractivity contribution in [2.75, 3.05) is 10.6 Å². The van der Waals surface area contributed by atoms with Crippen molar-refractivity contribution in [3.63, 3.8) is 0 Å². The summed E-state index contributed by atoms with van der Waals surface area (Å²) in [4.78, 5) is 25.5. The van der Waals surface area contributed by atoms with Gasteiger partial charge in [0.1, 0.15) is 4.33 Å². The maximum atomic E-state index is 13.9. The summed E-state index contributed by atoms with van der Waals surface area (Å²) in [5.41, 5.74) is -0.00773. The molecule has 0 bridgehead atoms. The van der Waals surface area contributed by atoms with Crippen molar-refractivity contribution in [1.29, 1.82) is 0 Å². The average molecular weight is 583 g/mol. The van der Waals surface area contributed by atoms with E-state index >= 15 is 0 Å². The fraction of sp³-hybridized carbons (Fsp3) is 0.130. The lowest BCUT2D eigenvalue weighted by Gasteiger charge is -2.11. The number of benzene rings is 3. The van der Waals surface area contributed by atoms with E-state index in [9.17, 15) is 22.8 Å². The van der Waals surface area contributed by atoms with E-state index < -0.39 is 51.1 Å². The summed E-state index contributed by atoms with van der Waals surface area (Å²) >= 11 is 30.8. The molecule has 1 fully saturated rings. The Hall–Kier alpha value is -2.16. The number of rotatable bonds is 5. The second kappa shape index (κ2) is 9.71. The minimum atomic E-state index is -1.74. The third-order valence-corrected chi connectivity index (χ3v) is 7.05. The van der Waals surface area contributed by atoms with Crippen LogP contribution >= 0.6 is 58.0 Å². The second-order valence-electron chi connectivity index (χ2n) is 7.69. The quantitative estimate of drug-likeness (QED) is 0.238. The van der Waals surface area contributed by atoms with Crippen LogP contribution in [0.2, 0.25) is 15.1 Å². The summed E-state index contributed by atoms with van der Waals surface area (Å²) in [6, 6.07) is 10.2. The highest BCUT2D eigenvalue weighted by atomic mass is 35.5. The number of nitrogens with one attached hydrogen (secondary N) is 2. The van der Waals surface area contributed by atoms with Crippen molar-refractivity contribution >= 4 is 81.2 Å². The molecule has 35 heavy (non-hydrogen) atoms. The van der Waals surface area contributed by atoms with E-state index in [1.165, 1.54) is 24.3 Å². The summed E-state index contributed by atoms with van der Waals surface area (Å²) < 4.78 is 39.1. The van der Waals surface area contributed by atoms with Crippen molar-refractivity contribution in [3.8, 4) is 0 Å². The molecule has 4 rings (SSSR count). The normalized spacial score (nSPS) is 18.2. The molecule has 3 aromatic carbocycles. The van der Waals surface area contributed by atoms with Gasteiger partial charge in [-0.05, 0) is 54.1 Å². The van der Waals surface area contributed by atoms with Crippen LogP contribution in [0.25, 0.3) is 0 Å². The molecular weight excluding hydrogens is 571 g/mol. The maximum Gasteiger partial charge on any atom is 0.257 e. The highest BCUT2D eigenvalue weighted by molar-refractivity contribution is 6.53. The number of hydrogen-bond donors (Lipinski definition) is 2. The molecule has 0 aliphatic heterocycles. The van der Waals surface area contributed by atoms with Crippen LogP contribution in [0.15, 0.2) is 48.5 Å². The fourth-order valence-corrected chi connectivity index (χ4v) is 5.21. The van der Waals surface area contributed by atoms with E-state index in [0.29, 0.717) is 21.7 Å². The van der Waals surface area contributed by atoms with E-state index in [2.05, 4.69) is 10.6 Å². The number of anilines is 2. The molecule has 2 N–H and O–H groups in total. The van der Waals surface area contributed by atoms with Gasteiger partial charge in [0, 0.05) is 21.7 Å². The van der Waals surface area contributed by atoms with Gasteiger partial charge in [0.15, 0.2) is 17.5 Å². The molecule has 182 valence electrons. The zero-order chi connectivity index (χ0) is 25.7. The average Bonchev–Trinajstić information content (AvgIpc) is 3.36. The third kappa shape index (κ3) is 5.20. The number of hydrogen-bond acceptors (Lipinski definition) is 2. The van der Waals surface area contributed by atoms with Gasteiger partial charge in [0.25, 0.3) is 5.91 Å². The van der Waals surface area contributed by atoms with E-state index in [1.807, 2.05) is 0 Å². The first-order valence-electron chi connectivity index (χ1n) is 9.79. The highest BCUT2D eigenvalue weighted by Gasteiger charge is 2.67. The minimum Gasteiger partial charge on any atom is -0.326 e. The first kappa shape index (κ1) is 25.9. The molecule has 1 saturated carbocycles. The molecule has 2 unspecified atom stereocenters. The molecule has 1 aliphatic rings. The Balaban J connectivity index is 1.52. The Kier molecular flexibility index (Phi) is 7.19. The van der Waals surface area contributed by atoms with Crippen molar-refractivity contribution < 1.29 is 22.8 Å². The summed E-state index contributed by atoms with van der Waals surface area (Å²) in [5, 5.41) is 5.40. The summed E-state index contributed by atoms with van der Waals surface area (Å²) in [7, 11) is 0. The Morgan fingerprint density at radius 3 is 2.14 bits per heavy atom. The van der Waals surface area contributed by atoms with Gasteiger partial charge in [-0.15, -0.1) is 23.2 Å². The smallest absolute Gasteiger partial charge is 0.257 e. The van der Waals surface area contributed by atoms with Crippen LogP contribution in [0.5, 0.6) is 0 Å². The lowest BCUT2D eigenvalue weighted by molar-refractivity contribution is -0.117. The van der Waals surface area contributed by atoms with Gasteiger partial charge in [-0.3, -0.25) is 9.59 Å². The highest BCUT2D eigenvalue weighted by Crippen LogP contribution is 2.65. The standard InChI is InChI=1S/C23H12Cl5F3N2O2/c24-10-5-9(6-11(25)7-10)17-18(23(17,27)28)22(35)32-12-1-2-14(26)13(8-12)21(34)33-16-4-3-15(29)19(30)20(16)31/h1-8,17-18H,(H,32,35)(H,33,34). The van der Waals surface area contributed by atoms with E-state index in [-0.39, 0.29) is 16.3 Å². The maximum absolute atomic E-state index is 13.9. The van der Waals surface area contributed by atoms with Crippen LogP contribution in [0, 0.1) is 23.4 Å². The minimum absolute atomic E-state index is 0.0367. The second-order valence-corrected chi connectivity index (χ2v) is 10.4. The topological polar surface area (TPSA) is 58.2 Å². The monoisotopic (exact) mass is 580 g/mol. The van der Waals surface area contributed by atoms with Gasteiger partial charge >= 0.3 is 0 Å². The molecular formula is C23H12Cl5F3N2O2. The lowest BCUT2D eigenvalue weighted by Crippen LogP contribution is -2.18. The zero-order valence-corrected chi connectivity index (χ0v) is 20.9. The molecule has 1 aliphatic carbocycles. The van der Waals surface area contributed by atoms with Crippen LogP contribution in [-0.2, 0) is 4.79 Å². The third-order valence-electron chi connectivity index (χ3n) is 5.34. The van der Waals surface area contributed by atoms with Gasteiger partial charge in [-0.1, -0.05) is 34.8 Å². The Labute approximate surface area is 222 Å². The molecule has 2 atom stereocenters. The Morgan fingerprint density at radius 2 is 1.49 bits per heavy atom. The van der Waals surface area contributed by atoms with Crippen LogP contribution in [0.1, 0.15) is 21.8 Å². The first-order chi connectivity index (χ1) is 16.4. The number of halogens is 8. The molecule has 0 aromatic heterocycles. The van der Waals surface area contributed by atoms with Crippen molar-refractivity contribution in [2.24, 2.45) is 5.92 Å². The van der Waals surface area contributed by atoms with Crippen LogP contribution in [-0.4, -0.2) is 16.1 Å². The Morgan fingerprint density at radius 1 is 0.829 bits per heavy atom. The largest absolute Gasteiger partial charge is 0.326 e. The number of carbonyl (C=O) groups excluding carboxylic acids is 2. The van der Waals surface area contributed by atoms with Crippen molar-refractivity contribution in [1.82, 2.24) is 0 Å². The summed E-state index contributed by atoms with van der Waals surface area (Å²) in [6.45, 7) is 0. The summed E-state index contributed by atoms with van der Waals surface area (Å²) in [6.07, 6.45) is 0. The van der Waals surface area contributed by atoms with E-state index in [4.69, 9.17) is 58.0 Å². The number of amides is 2. The molecule has 0 radical (unpaired) electrons. The number of alkyl halides is 2. The van der Waals surface area contributed by atoms with Gasteiger partial charge in [-0.25, -0.2) is 13.2 Å². The predicted octanol–water partition coefficient (Wildman–Crippen LogP) is 7.84. The van der Waals surface area contributed by atoms with Gasteiger partial charge in [-0.2, -0.15) is 0 Å². The zero-order valence-electron chi connectivity index (χ0n) is 17.1. The molecule has 2 amide bonds. The van der Waals surface area contributed by atoms with Gasteiger partial charge < -0.3 is 10.6 Å². The van der Waals surface area contributed by atoms with E-state index in [0.717, 1.165) is 6.07 Å². The van der Waals surface area contributed by atoms with E-state index in [1.54, 1.807) is 12.1 Å². The molecule has 0 spiro atoms. The van der Waals surface area contributed by atoms with Crippen LogP contribution < -0.4 is 10.6 Å². The summed E-state index contributed by atoms with van der Waals surface area (Å²) in [5.74, 6) is -7.62. The van der Waals surface area contributed by atoms with Crippen molar-refractivity contribution in [2.45, 2.75) is 10.3 Å². The van der Waals surface area contributed by atoms with Gasteiger partial charge in [0.05, 0.1) is 22.2 Å². The van der Waals surface area contributed by atoms with Crippen molar-refractivity contribution in [3.05, 3.63) is 92.2 Å². The Bertz CT molecular complexity index is 1350. The number of carbonyl (C=O) groups is 2. The molecule has 12 heteroatoms. The fourth-order valence-electron chi connectivity index (χ4n) is 3.63. The molecule has 0 saturated heterocycles. The van der Waals surface area contributed by atoms with Crippen LogP contribution in [0.3, 0.4) is 0 Å². The van der Waals surface area contributed by atoms with Crippen LogP contribution in [0.4, 0.5) is 24.5 Å². The van der Waals surface area contributed by atoms with Gasteiger partial charge in [0.2, 0.25) is 5.91 Å². The molecule has 3 aromatic rings. The predicted molar refractivity (Wildman–Crippen MR) is 131 cm³/mol.